The van der Waals surface area contributed by atoms with E-state index >= 15 is 0 Å². The number of nitrogens with zero attached hydrogens (tertiary/aromatic N) is 3. The van der Waals surface area contributed by atoms with Crippen LogP contribution in [0.5, 0.6) is 0 Å². The third kappa shape index (κ3) is 4.91. The van der Waals surface area contributed by atoms with Crippen molar-refractivity contribution >= 4 is 39.4 Å². The number of amides is 1. The topological polar surface area (TPSA) is 87.8 Å². The van der Waals surface area contributed by atoms with Crippen LogP contribution >= 0.6 is 15.9 Å². The molecule has 0 saturated carbocycles. The Balaban J connectivity index is 1.79. The molecule has 1 amide bonds. The highest BCUT2D eigenvalue weighted by Crippen LogP contribution is 2.26. The lowest BCUT2D eigenvalue weighted by Gasteiger charge is -2.29. The molecular weight excluding hydrogens is 412 g/mol. The van der Waals surface area contributed by atoms with E-state index in [1.807, 2.05) is 0 Å². The van der Waals surface area contributed by atoms with Gasteiger partial charge in [-0.2, -0.15) is 5.10 Å². The van der Waals surface area contributed by atoms with Gasteiger partial charge in [0.05, 0.1) is 11.1 Å². The van der Waals surface area contributed by atoms with Gasteiger partial charge in [0, 0.05) is 46.5 Å². The van der Waals surface area contributed by atoms with Crippen molar-refractivity contribution in [1.29, 1.82) is 0 Å². The molecule has 27 heavy (non-hydrogen) atoms. The largest absolute Gasteiger partial charge is 0.371 e. The molecule has 1 heterocycles. The van der Waals surface area contributed by atoms with Crippen molar-refractivity contribution in [3.8, 4) is 0 Å². The zero-order valence-electron chi connectivity index (χ0n) is 14.6. The van der Waals surface area contributed by atoms with E-state index in [9.17, 15) is 14.9 Å². The van der Waals surface area contributed by atoms with Crippen molar-refractivity contribution in [2.24, 2.45) is 5.10 Å². The highest BCUT2D eigenvalue weighted by molar-refractivity contribution is 9.10. The Hall–Kier alpha value is -2.74. The summed E-state index contributed by atoms with van der Waals surface area (Å²) in [5, 5.41) is 15.1. The maximum absolute atomic E-state index is 12.1. The second-order valence-electron chi connectivity index (χ2n) is 6.25. The number of anilines is 1. The van der Waals surface area contributed by atoms with Crippen LogP contribution in [0, 0.1) is 10.1 Å². The summed E-state index contributed by atoms with van der Waals surface area (Å²) in [5.41, 5.74) is 4.45. The van der Waals surface area contributed by atoms with Crippen LogP contribution in [0.1, 0.15) is 35.2 Å². The minimum absolute atomic E-state index is 0.00329. The standard InChI is InChI=1S/C19H19BrN4O3/c20-16-6-4-14(5-7-16)19(25)22-21-13-15-12-17(24(26)27)8-9-18(15)23-10-2-1-3-11-23/h4-9,12-13H,1-3,10-11H2,(H,22,25). The number of hydrogen-bond acceptors (Lipinski definition) is 5. The molecule has 3 rings (SSSR count). The first-order chi connectivity index (χ1) is 13.0. The van der Waals surface area contributed by atoms with Crippen molar-refractivity contribution in [3.63, 3.8) is 0 Å². The summed E-state index contributed by atoms with van der Waals surface area (Å²) in [6.45, 7) is 1.81. The van der Waals surface area contributed by atoms with Crippen LogP contribution in [-0.2, 0) is 0 Å². The van der Waals surface area contributed by atoms with Gasteiger partial charge in [-0.1, -0.05) is 15.9 Å². The molecule has 0 atom stereocenters. The fraction of sp³-hybridized carbons (Fsp3) is 0.263. The molecule has 0 aromatic heterocycles. The number of hydrogen-bond donors (Lipinski definition) is 1. The number of rotatable bonds is 5. The van der Waals surface area contributed by atoms with Gasteiger partial charge in [-0.3, -0.25) is 14.9 Å². The molecule has 1 N–H and O–H groups in total. The molecular formula is C19H19BrN4O3. The van der Waals surface area contributed by atoms with Crippen LogP contribution < -0.4 is 10.3 Å². The van der Waals surface area contributed by atoms with Crippen LogP contribution in [0.15, 0.2) is 52.0 Å². The molecule has 2 aromatic carbocycles. The quantitative estimate of drug-likeness (QED) is 0.439. The van der Waals surface area contributed by atoms with Gasteiger partial charge in [0.15, 0.2) is 0 Å². The van der Waals surface area contributed by atoms with Gasteiger partial charge in [0.1, 0.15) is 0 Å². The number of nitro benzene ring substituents is 1. The smallest absolute Gasteiger partial charge is 0.271 e. The average molecular weight is 431 g/mol. The number of carbonyl (C=O) groups excluding carboxylic acids is 1. The summed E-state index contributed by atoms with van der Waals surface area (Å²) in [6, 6.07) is 11.6. The average Bonchev–Trinajstić information content (AvgIpc) is 2.69. The van der Waals surface area contributed by atoms with Gasteiger partial charge >= 0.3 is 0 Å². The number of nitrogens with one attached hydrogen (secondary N) is 1. The van der Waals surface area contributed by atoms with Crippen LogP contribution in [0.4, 0.5) is 11.4 Å². The molecule has 1 fully saturated rings. The number of benzene rings is 2. The summed E-state index contributed by atoms with van der Waals surface area (Å²) < 4.78 is 0.880. The minimum atomic E-state index is -0.433. The van der Waals surface area contributed by atoms with Crippen LogP contribution in [0.25, 0.3) is 0 Å². The molecule has 1 aliphatic heterocycles. The molecule has 2 aromatic rings. The van der Waals surface area contributed by atoms with E-state index < -0.39 is 4.92 Å². The van der Waals surface area contributed by atoms with E-state index in [4.69, 9.17) is 0 Å². The predicted octanol–water partition coefficient (Wildman–Crippen LogP) is 4.11. The summed E-state index contributed by atoms with van der Waals surface area (Å²) in [4.78, 5) is 25.0. The lowest BCUT2D eigenvalue weighted by Crippen LogP contribution is -2.30. The summed E-state index contributed by atoms with van der Waals surface area (Å²) in [5.74, 6) is -0.344. The zero-order chi connectivity index (χ0) is 19.2. The van der Waals surface area contributed by atoms with E-state index in [-0.39, 0.29) is 11.6 Å². The van der Waals surface area contributed by atoms with Gasteiger partial charge in [-0.25, -0.2) is 5.43 Å². The fourth-order valence-corrected chi connectivity index (χ4v) is 3.27. The Kier molecular flexibility index (Phi) is 6.18. The molecule has 140 valence electrons. The van der Waals surface area contributed by atoms with Crippen molar-refractivity contribution in [2.75, 3.05) is 18.0 Å². The van der Waals surface area contributed by atoms with E-state index in [1.54, 1.807) is 30.3 Å². The summed E-state index contributed by atoms with van der Waals surface area (Å²) in [6.07, 6.45) is 4.84. The molecule has 0 spiro atoms. The summed E-state index contributed by atoms with van der Waals surface area (Å²) >= 11 is 3.32. The van der Waals surface area contributed by atoms with Gasteiger partial charge in [0.25, 0.3) is 11.6 Å². The maximum atomic E-state index is 12.1. The predicted molar refractivity (Wildman–Crippen MR) is 108 cm³/mol. The first kappa shape index (κ1) is 19.0. The number of nitro groups is 1. The molecule has 0 bridgehead atoms. The zero-order valence-corrected chi connectivity index (χ0v) is 16.2. The number of carbonyl (C=O) groups is 1. The number of halogens is 1. The lowest BCUT2D eigenvalue weighted by atomic mass is 10.1. The third-order valence-electron chi connectivity index (χ3n) is 4.39. The Bertz CT molecular complexity index is 862. The Morgan fingerprint density at radius 2 is 1.85 bits per heavy atom. The minimum Gasteiger partial charge on any atom is -0.371 e. The first-order valence-electron chi connectivity index (χ1n) is 8.67. The van der Waals surface area contributed by atoms with Crippen molar-refractivity contribution in [2.45, 2.75) is 19.3 Å². The van der Waals surface area contributed by atoms with E-state index in [1.165, 1.54) is 24.8 Å². The second kappa shape index (κ2) is 8.77. The monoisotopic (exact) mass is 430 g/mol. The van der Waals surface area contributed by atoms with E-state index in [0.717, 1.165) is 36.1 Å². The lowest BCUT2D eigenvalue weighted by molar-refractivity contribution is -0.384. The van der Waals surface area contributed by atoms with E-state index in [0.29, 0.717) is 11.1 Å². The SMILES string of the molecule is O=C(NN=Cc1cc([N+](=O)[O-])ccc1N1CCCCC1)c1ccc(Br)cc1. The van der Waals surface area contributed by atoms with E-state index in [2.05, 4.69) is 31.4 Å². The summed E-state index contributed by atoms with van der Waals surface area (Å²) in [7, 11) is 0. The van der Waals surface area contributed by atoms with Gasteiger partial charge in [0.2, 0.25) is 0 Å². The van der Waals surface area contributed by atoms with Crippen LogP contribution in [-0.4, -0.2) is 30.1 Å². The maximum Gasteiger partial charge on any atom is 0.271 e. The highest BCUT2D eigenvalue weighted by Gasteiger charge is 2.17. The van der Waals surface area contributed by atoms with Gasteiger partial charge in [-0.15, -0.1) is 0 Å². The number of hydrazone groups is 1. The molecule has 1 aliphatic rings. The Labute approximate surface area is 165 Å². The molecule has 0 aliphatic carbocycles. The van der Waals surface area contributed by atoms with Crippen LogP contribution in [0.3, 0.4) is 0 Å². The van der Waals surface area contributed by atoms with Gasteiger partial charge in [-0.05, 0) is 49.6 Å². The number of non-ortho nitro benzene ring substituents is 1. The van der Waals surface area contributed by atoms with Crippen LogP contribution in [0.2, 0.25) is 0 Å². The first-order valence-corrected chi connectivity index (χ1v) is 9.46. The molecule has 8 heteroatoms. The van der Waals surface area contributed by atoms with Crippen molar-refractivity contribution in [3.05, 3.63) is 68.2 Å². The number of piperidine rings is 1. The van der Waals surface area contributed by atoms with Crippen molar-refractivity contribution in [1.82, 2.24) is 5.43 Å². The molecule has 0 radical (unpaired) electrons. The fourth-order valence-electron chi connectivity index (χ4n) is 3.01. The second-order valence-corrected chi connectivity index (χ2v) is 7.17. The third-order valence-corrected chi connectivity index (χ3v) is 4.92. The van der Waals surface area contributed by atoms with Gasteiger partial charge < -0.3 is 4.90 Å². The molecule has 0 unspecified atom stereocenters. The molecule has 7 nitrogen and oxygen atoms in total. The van der Waals surface area contributed by atoms with Crippen molar-refractivity contribution < 1.29 is 9.72 Å². The molecule has 1 saturated heterocycles. The Morgan fingerprint density at radius 1 is 1.15 bits per heavy atom. The normalized spacial score (nSPS) is 14.3. The Morgan fingerprint density at radius 3 is 2.52 bits per heavy atom. The highest BCUT2D eigenvalue weighted by atomic mass is 79.9.